The van der Waals surface area contributed by atoms with Crippen molar-refractivity contribution in [1.82, 2.24) is 10.2 Å². The number of hydrogen-bond acceptors (Lipinski definition) is 3. The van der Waals surface area contributed by atoms with Crippen molar-refractivity contribution in [1.29, 1.82) is 0 Å². The Morgan fingerprint density at radius 1 is 1.23 bits per heavy atom. The van der Waals surface area contributed by atoms with Crippen LogP contribution in [0.1, 0.15) is 29.8 Å². The van der Waals surface area contributed by atoms with Crippen LogP contribution >= 0.6 is 11.6 Å². The van der Waals surface area contributed by atoms with Gasteiger partial charge in [-0.25, -0.2) is 0 Å². The molecule has 0 saturated carbocycles. The van der Waals surface area contributed by atoms with E-state index in [2.05, 4.69) is 5.32 Å². The van der Waals surface area contributed by atoms with Crippen LogP contribution in [0.2, 0.25) is 5.02 Å². The molecule has 4 nitrogen and oxygen atoms in total. The van der Waals surface area contributed by atoms with Gasteiger partial charge in [-0.15, -0.1) is 0 Å². The zero-order valence-electron chi connectivity index (χ0n) is 12.4. The molecule has 2 aliphatic rings. The number of fused-ring (bicyclic) bond motifs is 1. The SMILES string of the molecule is O=C(c1cc2cc(Cl)ccc2o1)N1CCC2(CCNC2)CC1. The van der Waals surface area contributed by atoms with Crippen LogP contribution in [0, 0.1) is 5.41 Å². The second kappa shape index (κ2) is 5.28. The largest absolute Gasteiger partial charge is 0.451 e. The molecule has 2 aliphatic heterocycles. The molecule has 1 spiro atoms. The number of carbonyl (C=O) groups excluding carboxylic acids is 1. The minimum absolute atomic E-state index is 0.00636. The number of benzene rings is 1. The van der Waals surface area contributed by atoms with Crippen molar-refractivity contribution >= 4 is 28.5 Å². The van der Waals surface area contributed by atoms with E-state index >= 15 is 0 Å². The number of halogens is 1. The highest BCUT2D eigenvalue weighted by Gasteiger charge is 2.38. The highest BCUT2D eigenvalue weighted by atomic mass is 35.5. The Bertz CT molecular complexity index is 709. The third-order valence-electron chi connectivity index (χ3n) is 5.13. The predicted octanol–water partition coefficient (Wildman–Crippen LogP) is 3.30. The standard InChI is InChI=1S/C17H19ClN2O2/c18-13-1-2-14-12(9-13)10-15(22-14)16(21)20-7-4-17(5-8-20)3-6-19-11-17/h1-2,9-10,19H,3-8,11H2. The third kappa shape index (κ3) is 2.40. The molecule has 1 aromatic heterocycles. The fraction of sp³-hybridized carbons (Fsp3) is 0.471. The quantitative estimate of drug-likeness (QED) is 0.877. The van der Waals surface area contributed by atoms with Crippen LogP contribution in [-0.4, -0.2) is 37.0 Å². The summed E-state index contributed by atoms with van der Waals surface area (Å²) in [5.41, 5.74) is 1.12. The van der Waals surface area contributed by atoms with Crippen LogP contribution in [0.15, 0.2) is 28.7 Å². The highest BCUT2D eigenvalue weighted by molar-refractivity contribution is 6.31. The van der Waals surface area contributed by atoms with E-state index < -0.39 is 0 Å². The molecular weight excluding hydrogens is 300 g/mol. The Labute approximate surface area is 134 Å². The molecule has 1 aromatic carbocycles. The maximum Gasteiger partial charge on any atom is 0.289 e. The summed E-state index contributed by atoms with van der Waals surface area (Å²) in [7, 11) is 0. The van der Waals surface area contributed by atoms with Gasteiger partial charge in [0.15, 0.2) is 5.76 Å². The Morgan fingerprint density at radius 2 is 2.05 bits per heavy atom. The first-order chi connectivity index (χ1) is 10.7. The van der Waals surface area contributed by atoms with Gasteiger partial charge in [0.1, 0.15) is 5.58 Å². The number of carbonyl (C=O) groups is 1. The monoisotopic (exact) mass is 318 g/mol. The topological polar surface area (TPSA) is 45.5 Å². The number of amides is 1. The minimum Gasteiger partial charge on any atom is -0.451 e. The average Bonchev–Trinajstić information content (AvgIpc) is 3.14. The van der Waals surface area contributed by atoms with Crippen molar-refractivity contribution in [3.05, 3.63) is 35.0 Å². The summed E-state index contributed by atoms with van der Waals surface area (Å²) in [4.78, 5) is 14.6. The molecule has 1 amide bonds. The van der Waals surface area contributed by atoms with E-state index in [-0.39, 0.29) is 5.91 Å². The molecule has 116 valence electrons. The molecule has 4 rings (SSSR count). The molecule has 0 unspecified atom stereocenters. The third-order valence-corrected chi connectivity index (χ3v) is 5.37. The highest BCUT2D eigenvalue weighted by Crippen LogP contribution is 2.37. The van der Waals surface area contributed by atoms with E-state index in [1.165, 1.54) is 6.42 Å². The smallest absolute Gasteiger partial charge is 0.289 e. The zero-order chi connectivity index (χ0) is 15.2. The normalized spacial score (nSPS) is 20.9. The van der Waals surface area contributed by atoms with Gasteiger partial charge in [-0.05, 0) is 55.5 Å². The van der Waals surface area contributed by atoms with Gasteiger partial charge in [0.05, 0.1) is 0 Å². The summed E-state index contributed by atoms with van der Waals surface area (Å²) < 4.78 is 5.69. The number of likely N-dealkylation sites (tertiary alicyclic amines) is 1. The first kappa shape index (κ1) is 14.1. The lowest BCUT2D eigenvalue weighted by Crippen LogP contribution is -2.43. The number of rotatable bonds is 1. The molecule has 0 bridgehead atoms. The van der Waals surface area contributed by atoms with Crippen molar-refractivity contribution in [3.8, 4) is 0 Å². The van der Waals surface area contributed by atoms with Crippen LogP contribution in [0.3, 0.4) is 0 Å². The molecule has 0 aliphatic carbocycles. The summed E-state index contributed by atoms with van der Waals surface area (Å²) in [5.74, 6) is 0.408. The fourth-order valence-corrected chi connectivity index (χ4v) is 3.86. The van der Waals surface area contributed by atoms with Crippen molar-refractivity contribution in [2.45, 2.75) is 19.3 Å². The molecule has 0 atom stereocenters. The molecule has 2 aromatic rings. The van der Waals surface area contributed by atoms with Crippen LogP contribution < -0.4 is 5.32 Å². The lowest BCUT2D eigenvalue weighted by Gasteiger charge is -2.38. The Kier molecular flexibility index (Phi) is 3.39. The van der Waals surface area contributed by atoms with Crippen molar-refractivity contribution in [2.75, 3.05) is 26.2 Å². The Hall–Kier alpha value is -1.52. The molecule has 1 N–H and O–H groups in total. The first-order valence-corrected chi connectivity index (χ1v) is 8.22. The molecule has 2 fully saturated rings. The fourth-order valence-electron chi connectivity index (χ4n) is 3.68. The summed E-state index contributed by atoms with van der Waals surface area (Å²) in [6.07, 6.45) is 3.40. The maximum atomic E-state index is 12.6. The second-order valence-corrected chi connectivity index (χ2v) is 6.95. The second-order valence-electron chi connectivity index (χ2n) is 6.51. The minimum atomic E-state index is -0.00636. The Balaban J connectivity index is 1.51. The molecule has 0 radical (unpaired) electrons. The molecule has 22 heavy (non-hydrogen) atoms. The lowest BCUT2D eigenvalue weighted by atomic mass is 9.78. The number of hydrogen-bond donors (Lipinski definition) is 1. The number of nitrogens with zero attached hydrogens (tertiary/aromatic N) is 1. The van der Waals surface area contributed by atoms with E-state index in [0.717, 1.165) is 44.4 Å². The predicted molar refractivity (Wildman–Crippen MR) is 86.3 cm³/mol. The summed E-state index contributed by atoms with van der Waals surface area (Å²) in [5, 5.41) is 4.98. The number of furan rings is 1. The molecule has 3 heterocycles. The van der Waals surface area contributed by atoms with Gasteiger partial charge in [-0.3, -0.25) is 4.79 Å². The van der Waals surface area contributed by atoms with Crippen LogP contribution in [-0.2, 0) is 0 Å². The summed E-state index contributed by atoms with van der Waals surface area (Å²) >= 11 is 5.98. The van der Waals surface area contributed by atoms with Gasteiger partial charge < -0.3 is 14.6 Å². The maximum absolute atomic E-state index is 12.6. The molecule has 2 saturated heterocycles. The first-order valence-electron chi connectivity index (χ1n) is 7.84. The van der Waals surface area contributed by atoms with Crippen LogP contribution in [0.5, 0.6) is 0 Å². The van der Waals surface area contributed by atoms with Gasteiger partial charge in [-0.2, -0.15) is 0 Å². The summed E-state index contributed by atoms with van der Waals surface area (Å²) in [6.45, 7) is 3.84. The van der Waals surface area contributed by atoms with Crippen LogP contribution in [0.4, 0.5) is 0 Å². The number of piperidine rings is 1. The van der Waals surface area contributed by atoms with E-state index in [9.17, 15) is 4.79 Å². The van der Waals surface area contributed by atoms with Gasteiger partial charge >= 0.3 is 0 Å². The zero-order valence-corrected chi connectivity index (χ0v) is 13.2. The van der Waals surface area contributed by atoms with E-state index in [0.29, 0.717) is 21.8 Å². The van der Waals surface area contributed by atoms with E-state index in [1.807, 2.05) is 17.0 Å². The van der Waals surface area contributed by atoms with E-state index in [1.54, 1.807) is 12.1 Å². The van der Waals surface area contributed by atoms with Crippen molar-refractivity contribution < 1.29 is 9.21 Å². The molecule has 5 heteroatoms. The Morgan fingerprint density at radius 3 is 2.77 bits per heavy atom. The van der Waals surface area contributed by atoms with E-state index in [4.69, 9.17) is 16.0 Å². The number of nitrogens with one attached hydrogen (secondary N) is 1. The average molecular weight is 319 g/mol. The lowest BCUT2D eigenvalue weighted by molar-refractivity contribution is 0.0579. The van der Waals surface area contributed by atoms with Crippen molar-refractivity contribution in [2.24, 2.45) is 5.41 Å². The molecular formula is C17H19ClN2O2. The van der Waals surface area contributed by atoms with Crippen molar-refractivity contribution in [3.63, 3.8) is 0 Å². The van der Waals surface area contributed by atoms with Gasteiger partial charge in [-0.1, -0.05) is 11.6 Å². The van der Waals surface area contributed by atoms with Gasteiger partial charge in [0, 0.05) is 30.0 Å². The van der Waals surface area contributed by atoms with Crippen LogP contribution in [0.25, 0.3) is 11.0 Å². The van der Waals surface area contributed by atoms with Gasteiger partial charge in [0.2, 0.25) is 0 Å². The van der Waals surface area contributed by atoms with Gasteiger partial charge in [0.25, 0.3) is 5.91 Å². The summed E-state index contributed by atoms with van der Waals surface area (Å²) in [6, 6.07) is 7.21.